The number of aliphatic hydroxyl groups excluding tert-OH is 1. The summed E-state index contributed by atoms with van der Waals surface area (Å²) in [5.74, 6) is 0. The maximum atomic E-state index is 12.1. The van der Waals surface area contributed by atoms with Gasteiger partial charge in [0.25, 0.3) is 0 Å². The molecule has 0 spiro atoms. The number of nitrogens with zero attached hydrogens (tertiary/aromatic N) is 1. The smallest absolute Gasteiger partial charge is 0.390 e. The summed E-state index contributed by atoms with van der Waals surface area (Å²) in [4.78, 5) is 1.70. The molecule has 6 heteroatoms. The van der Waals surface area contributed by atoms with Crippen LogP contribution in [0.5, 0.6) is 0 Å². The van der Waals surface area contributed by atoms with E-state index in [4.69, 9.17) is 0 Å². The molecule has 0 rings (SSSR count). The van der Waals surface area contributed by atoms with Crippen molar-refractivity contribution in [3.8, 4) is 0 Å². The molecule has 0 aliphatic carbocycles. The van der Waals surface area contributed by atoms with Crippen molar-refractivity contribution in [2.45, 2.75) is 57.7 Å². The molecule has 122 valence electrons. The van der Waals surface area contributed by atoms with Crippen molar-refractivity contribution in [3.63, 3.8) is 0 Å². The molecule has 0 heterocycles. The Kier molecular flexibility index (Phi) is 9.42. The van der Waals surface area contributed by atoms with Gasteiger partial charge in [-0.3, -0.25) is 0 Å². The molecule has 0 fully saturated rings. The van der Waals surface area contributed by atoms with Gasteiger partial charge in [-0.25, -0.2) is 0 Å². The van der Waals surface area contributed by atoms with Gasteiger partial charge in [0.1, 0.15) is 0 Å². The maximum Gasteiger partial charge on any atom is 0.390 e. The van der Waals surface area contributed by atoms with E-state index in [1.54, 1.807) is 11.9 Å². The first kappa shape index (κ1) is 19.7. The Morgan fingerprint density at radius 3 is 2.20 bits per heavy atom. The van der Waals surface area contributed by atoms with Crippen molar-refractivity contribution in [1.82, 2.24) is 10.2 Å². The Bertz CT molecular complexity index is 243. The fourth-order valence-corrected chi connectivity index (χ4v) is 2.14. The van der Waals surface area contributed by atoms with E-state index in [1.165, 1.54) is 0 Å². The molecule has 1 atom stereocenters. The fraction of sp³-hybridized carbons (Fsp3) is 1.00. The Morgan fingerprint density at radius 1 is 1.10 bits per heavy atom. The molecule has 0 aromatic heterocycles. The van der Waals surface area contributed by atoms with E-state index >= 15 is 0 Å². The van der Waals surface area contributed by atoms with Gasteiger partial charge < -0.3 is 15.3 Å². The maximum absolute atomic E-state index is 12.1. The second kappa shape index (κ2) is 9.58. The first-order chi connectivity index (χ1) is 9.28. The van der Waals surface area contributed by atoms with Crippen LogP contribution < -0.4 is 5.32 Å². The summed E-state index contributed by atoms with van der Waals surface area (Å²) in [5.41, 5.74) is -0.291. The van der Waals surface area contributed by atoms with Gasteiger partial charge in [0, 0.05) is 12.1 Å². The molecule has 0 aliphatic heterocycles. The van der Waals surface area contributed by atoms with Crippen LogP contribution in [-0.4, -0.2) is 55.0 Å². The first-order valence-corrected chi connectivity index (χ1v) is 7.39. The third-order valence-corrected chi connectivity index (χ3v) is 3.70. The normalized spacial score (nSPS) is 15.6. The average molecular weight is 298 g/mol. The Balaban J connectivity index is 4.04. The van der Waals surface area contributed by atoms with E-state index in [1.807, 2.05) is 6.92 Å². The molecule has 0 saturated carbocycles. The third-order valence-electron chi connectivity index (χ3n) is 3.70. The second-order valence-electron chi connectivity index (χ2n) is 5.49. The van der Waals surface area contributed by atoms with Gasteiger partial charge in [0.2, 0.25) is 0 Å². The first-order valence-electron chi connectivity index (χ1n) is 7.39. The van der Waals surface area contributed by atoms with Crippen molar-refractivity contribution in [3.05, 3.63) is 0 Å². The average Bonchev–Trinajstić information content (AvgIpc) is 2.40. The Morgan fingerprint density at radius 2 is 1.75 bits per heavy atom. The summed E-state index contributed by atoms with van der Waals surface area (Å²) in [5, 5.41) is 12.9. The largest absolute Gasteiger partial charge is 0.394 e. The molecule has 0 amide bonds. The minimum atomic E-state index is -4.09. The van der Waals surface area contributed by atoms with E-state index in [0.29, 0.717) is 6.54 Å². The number of halogens is 3. The third kappa shape index (κ3) is 8.76. The van der Waals surface area contributed by atoms with Gasteiger partial charge >= 0.3 is 6.18 Å². The molecule has 0 radical (unpaired) electrons. The highest BCUT2D eigenvalue weighted by molar-refractivity contribution is 4.86. The van der Waals surface area contributed by atoms with Crippen molar-refractivity contribution >= 4 is 0 Å². The zero-order valence-electron chi connectivity index (χ0n) is 12.9. The Labute approximate surface area is 120 Å². The van der Waals surface area contributed by atoms with E-state index in [9.17, 15) is 18.3 Å². The van der Waals surface area contributed by atoms with Crippen LogP contribution in [0.15, 0.2) is 0 Å². The van der Waals surface area contributed by atoms with Crippen LogP contribution in [-0.2, 0) is 0 Å². The zero-order chi connectivity index (χ0) is 15.6. The van der Waals surface area contributed by atoms with Crippen LogP contribution in [0.1, 0.15) is 46.0 Å². The SMILES string of the molecule is CCCNC(CC)(CO)CCCN(C)CCC(F)(F)F. The second-order valence-corrected chi connectivity index (χ2v) is 5.49. The van der Waals surface area contributed by atoms with Crippen molar-refractivity contribution in [2.24, 2.45) is 0 Å². The summed E-state index contributed by atoms with van der Waals surface area (Å²) < 4.78 is 36.3. The minimum Gasteiger partial charge on any atom is -0.394 e. The van der Waals surface area contributed by atoms with Crippen molar-refractivity contribution in [2.75, 3.05) is 33.3 Å². The van der Waals surface area contributed by atoms with E-state index in [-0.39, 0.29) is 18.7 Å². The monoisotopic (exact) mass is 298 g/mol. The topological polar surface area (TPSA) is 35.5 Å². The predicted molar refractivity (Wildman–Crippen MR) is 75.8 cm³/mol. The number of aliphatic hydroxyl groups is 1. The minimum absolute atomic E-state index is 0.0319. The summed E-state index contributed by atoms with van der Waals surface area (Å²) in [6.45, 7) is 5.64. The standard InChI is InChI=1S/C14H29F3N2O/c1-4-9-18-13(5-2,12-20)7-6-10-19(3)11-8-14(15,16)17/h18,20H,4-12H2,1-3H3. The van der Waals surface area contributed by atoms with Gasteiger partial charge in [-0.1, -0.05) is 13.8 Å². The molecule has 1 unspecified atom stereocenters. The summed E-state index contributed by atoms with van der Waals surface area (Å²) in [6, 6.07) is 0. The van der Waals surface area contributed by atoms with Crippen LogP contribution in [0.3, 0.4) is 0 Å². The lowest BCUT2D eigenvalue weighted by atomic mass is 9.91. The van der Waals surface area contributed by atoms with E-state index in [0.717, 1.165) is 32.2 Å². The number of hydrogen-bond donors (Lipinski definition) is 2. The molecule has 0 saturated heterocycles. The molecule has 2 N–H and O–H groups in total. The molecule has 0 aromatic rings. The van der Waals surface area contributed by atoms with Crippen molar-refractivity contribution < 1.29 is 18.3 Å². The highest BCUT2D eigenvalue weighted by Crippen LogP contribution is 2.20. The van der Waals surface area contributed by atoms with Gasteiger partial charge in [0.05, 0.1) is 13.0 Å². The van der Waals surface area contributed by atoms with Gasteiger partial charge in [-0.15, -0.1) is 0 Å². The number of hydrogen-bond acceptors (Lipinski definition) is 3. The molecule has 3 nitrogen and oxygen atoms in total. The van der Waals surface area contributed by atoms with Crippen LogP contribution >= 0.6 is 0 Å². The molecular weight excluding hydrogens is 269 g/mol. The van der Waals surface area contributed by atoms with Crippen LogP contribution in [0, 0.1) is 0 Å². The fourth-order valence-electron chi connectivity index (χ4n) is 2.14. The van der Waals surface area contributed by atoms with Crippen molar-refractivity contribution in [1.29, 1.82) is 0 Å². The highest BCUT2D eigenvalue weighted by Gasteiger charge is 2.28. The van der Waals surface area contributed by atoms with Gasteiger partial charge in [0.15, 0.2) is 0 Å². The quantitative estimate of drug-likeness (QED) is 0.616. The lowest BCUT2D eigenvalue weighted by Crippen LogP contribution is -2.48. The summed E-state index contributed by atoms with van der Waals surface area (Å²) >= 11 is 0. The lowest BCUT2D eigenvalue weighted by Gasteiger charge is -2.33. The highest BCUT2D eigenvalue weighted by atomic mass is 19.4. The summed E-state index contributed by atoms with van der Waals surface area (Å²) in [6.07, 6.45) is -1.50. The van der Waals surface area contributed by atoms with Crippen LogP contribution in [0.4, 0.5) is 13.2 Å². The van der Waals surface area contributed by atoms with Gasteiger partial charge in [-0.05, 0) is 45.8 Å². The van der Waals surface area contributed by atoms with E-state index in [2.05, 4.69) is 12.2 Å². The Hall–Kier alpha value is -0.330. The number of nitrogens with one attached hydrogen (secondary N) is 1. The molecule has 0 aliphatic rings. The molecular formula is C14H29F3N2O. The van der Waals surface area contributed by atoms with Gasteiger partial charge in [-0.2, -0.15) is 13.2 Å². The molecule has 20 heavy (non-hydrogen) atoms. The van der Waals surface area contributed by atoms with Crippen LogP contribution in [0.25, 0.3) is 0 Å². The molecule has 0 bridgehead atoms. The predicted octanol–water partition coefficient (Wildman–Crippen LogP) is 2.79. The summed E-state index contributed by atoms with van der Waals surface area (Å²) in [7, 11) is 1.71. The lowest BCUT2D eigenvalue weighted by molar-refractivity contribution is -0.137. The number of rotatable bonds is 11. The zero-order valence-corrected chi connectivity index (χ0v) is 12.9. The van der Waals surface area contributed by atoms with E-state index < -0.39 is 12.6 Å². The molecule has 0 aromatic carbocycles. The number of alkyl halides is 3. The van der Waals surface area contributed by atoms with Crippen LogP contribution in [0.2, 0.25) is 0 Å².